The molecular formula is C15H32N2. The van der Waals surface area contributed by atoms with Crippen LogP contribution in [0.4, 0.5) is 0 Å². The molecule has 2 atom stereocenters. The van der Waals surface area contributed by atoms with E-state index >= 15 is 0 Å². The van der Waals surface area contributed by atoms with Crippen LogP contribution in [0.5, 0.6) is 0 Å². The van der Waals surface area contributed by atoms with Gasteiger partial charge in [0.25, 0.3) is 0 Å². The highest BCUT2D eigenvalue weighted by molar-refractivity contribution is 4.87. The smallest absolute Gasteiger partial charge is 0.0244 e. The molecule has 1 fully saturated rings. The Labute approximate surface area is 108 Å². The molecule has 1 aliphatic heterocycles. The second-order valence-corrected chi connectivity index (χ2v) is 7.13. The van der Waals surface area contributed by atoms with Gasteiger partial charge in [-0.2, -0.15) is 0 Å². The van der Waals surface area contributed by atoms with Gasteiger partial charge in [-0.15, -0.1) is 0 Å². The largest absolute Gasteiger partial charge is 0.311 e. The summed E-state index contributed by atoms with van der Waals surface area (Å²) in [7, 11) is 0. The predicted molar refractivity (Wildman–Crippen MR) is 76.4 cm³/mol. The van der Waals surface area contributed by atoms with E-state index < -0.39 is 0 Å². The molecule has 17 heavy (non-hydrogen) atoms. The fourth-order valence-electron chi connectivity index (χ4n) is 2.57. The van der Waals surface area contributed by atoms with E-state index in [1.54, 1.807) is 0 Å². The molecule has 102 valence electrons. The number of nitrogens with one attached hydrogen (secondary N) is 1. The zero-order valence-electron chi connectivity index (χ0n) is 12.7. The van der Waals surface area contributed by atoms with E-state index in [0.717, 1.165) is 12.0 Å². The molecule has 2 nitrogen and oxygen atoms in total. The topological polar surface area (TPSA) is 15.3 Å². The van der Waals surface area contributed by atoms with Crippen LogP contribution < -0.4 is 5.32 Å². The lowest BCUT2D eigenvalue weighted by molar-refractivity contribution is 0.0853. The Balaban J connectivity index is 2.55. The Bertz CT molecular complexity index is 217. The average molecular weight is 240 g/mol. The predicted octanol–water partition coefficient (Wildman–Crippen LogP) is 3.13. The maximum absolute atomic E-state index is 3.69. The lowest BCUT2D eigenvalue weighted by Crippen LogP contribution is -2.58. The van der Waals surface area contributed by atoms with Gasteiger partial charge in [-0.3, -0.25) is 4.90 Å². The molecule has 1 rings (SSSR count). The molecule has 1 saturated heterocycles. The van der Waals surface area contributed by atoms with E-state index in [-0.39, 0.29) is 0 Å². The van der Waals surface area contributed by atoms with Gasteiger partial charge in [-0.25, -0.2) is 0 Å². The number of nitrogens with zero attached hydrogens (tertiary/aromatic N) is 1. The average Bonchev–Trinajstić information content (AvgIpc) is 2.24. The van der Waals surface area contributed by atoms with Crippen molar-refractivity contribution in [3.8, 4) is 0 Å². The van der Waals surface area contributed by atoms with Crippen molar-refractivity contribution in [3.05, 3.63) is 0 Å². The zero-order valence-corrected chi connectivity index (χ0v) is 12.7. The fraction of sp³-hybridized carbons (Fsp3) is 1.00. The molecule has 1 heterocycles. The van der Waals surface area contributed by atoms with Crippen LogP contribution >= 0.6 is 0 Å². The summed E-state index contributed by atoms with van der Waals surface area (Å²) in [6.07, 6.45) is 2.55. The van der Waals surface area contributed by atoms with Crippen molar-refractivity contribution in [3.63, 3.8) is 0 Å². The molecule has 0 aromatic heterocycles. The Morgan fingerprint density at radius 2 is 1.94 bits per heavy atom. The van der Waals surface area contributed by atoms with Gasteiger partial charge in [-0.1, -0.05) is 41.5 Å². The van der Waals surface area contributed by atoms with Gasteiger partial charge in [0.15, 0.2) is 0 Å². The lowest BCUT2D eigenvalue weighted by atomic mass is 9.90. The molecule has 2 heteroatoms. The minimum atomic E-state index is 0.452. The van der Waals surface area contributed by atoms with Crippen molar-refractivity contribution in [2.45, 2.75) is 66.5 Å². The number of rotatable bonds is 4. The monoisotopic (exact) mass is 240 g/mol. The summed E-state index contributed by atoms with van der Waals surface area (Å²) < 4.78 is 0. The molecule has 0 aliphatic carbocycles. The summed E-state index contributed by atoms with van der Waals surface area (Å²) in [5.41, 5.74) is 0.452. The van der Waals surface area contributed by atoms with Crippen LogP contribution in [0, 0.1) is 11.3 Å². The molecule has 0 aromatic rings. The second-order valence-electron chi connectivity index (χ2n) is 7.13. The molecule has 1 N–H and O–H groups in total. The number of hydrogen-bond acceptors (Lipinski definition) is 2. The summed E-state index contributed by atoms with van der Waals surface area (Å²) in [5, 5.41) is 3.69. The summed E-state index contributed by atoms with van der Waals surface area (Å²) in [4.78, 5) is 2.72. The van der Waals surface area contributed by atoms with Crippen LogP contribution in [0.1, 0.15) is 54.4 Å². The molecule has 2 unspecified atom stereocenters. The minimum absolute atomic E-state index is 0.452. The van der Waals surface area contributed by atoms with Gasteiger partial charge < -0.3 is 5.32 Å². The lowest BCUT2D eigenvalue weighted by Gasteiger charge is -2.43. The molecular weight excluding hydrogens is 208 g/mol. The molecule has 0 saturated carbocycles. The van der Waals surface area contributed by atoms with Crippen LogP contribution in [-0.2, 0) is 0 Å². The third-order valence-electron chi connectivity index (χ3n) is 3.95. The third-order valence-corrected chi connectivity index (χ3v) is 3.95. The maximum atomic E-state index is 3.69. The van der Waals surface area contributed by atoms with Crippen molar-refractivity contribution in [2.75, 3.05) is 19.6 Å². The van der Waals surface area contributed by atoms with E-state index in [2.05, 4.69) is 51.8 Å². The van der Waals surface area contributed by atoms with Crippen molar-refractivity contribution in [1.29, 1.82) is 0 Å². The normalized spacial score (nSPS) is 27.7. The molecule has 0 bridgehead atoms. The van der Waals surface area contributed by atoms with Crippen molar-refractivity contribution >= 4 is 0 Å². The quantitative estimate of drug-likeness (QED) is 0.812. The molecule has 0 spiro atoms. The van der Waals surface area contributed by atoms with Gasteiger partial charge in [0.1, 0.15) is 0 Å². The van der Waals surface area contributed by atoms with Crippen molar-refractivity contribution in [2.24, 2.45) is 11.3 Å². The maximum Gasteiger partial charge on any atom is 0.0244 e. The van der Waals surface area contributed by atoms with E-state index in [1.807, 2.05) is 0 Å². The Kier molecular flexibility index (Phi) is 5.46. The van der Waals surface area contributed by atoms with Gasteiger partial charge in [0.05, 0.1) is 0 Å². The van der Waals surface area contributed by atoms with E-state index in [0.29, 0.717) is 11.5 Å². The van der Waals surface area contributed by atoms with E-state index in [4.69, 9.17) is 0 Å². The highest BCUT2D eigenvalue weighted by Gasteiger charge is 2.29. The van der Waals surface area contributed by atoms with Crippen LogP contribution in [0.2, 0.25) is 0 Å². The Hall–Kier alpha value is -0.0800. The first-order valence-corrected chi connectivity index (χ1v) is 7.31. The first-order chi connectivity index (χ1) is 7.83. The second kappa shape index (κ2) is 6.19. The minimum Gasteiger partial charge on any atom is -0.311 e. The summed E-state index contributed by atoms with van der Waals surface area (Å²) in [6, 6.07) is 1.42. The Morgan fingerprint density at radius 1 is 1.29 bits per heavy atom. The molecule has 0 aromatic carbocycles. The molecule has 0 amide bonds. The van der Waals surface area contributed by atoms with Crippen LogP contribution in [0.25, 0.3) is 0 Å². The SMILES string of the molecule is CCC1CN(CCC(C)(C)C)C(C(C)C)CN1. The summed E-state index contributed by atoms with van der Waals surface area (Å²) in [5.74, 6) is 0.750. The number of hydrogen-bond donors (Lipinski definition) is 1. The first-order valence-electron chi connectivity index (χ1n) is 7.31. The van der Waals surface area contributed by atoms with E-state index in [9.17, 15) is 0 Å². The Morgan fingerprint density at radius 3 is 2.41 bits per heavy atom. The van der Waals surface area contributed by atoms with Crippen LogP contribution in [-0.4, -0.2) is 36.6 Å². The van der Waals surface area contributed by atoms with Gasteiger partial charge >= 0.3 is 0 Å². The number of piperazine rings is 1. The highest BCUT2D eigenvalue weighted by atomic mass is 15.2. The van der Waals surface area contributed by atoms with Crippen molar-refractivity contribution < 1.29 is 0 Å². The van der Waals surface area contributed by atoms with Crippen molar-refractivity contribution in [1.82, 2.24) is 10.2 Å². The van der Waals surface area contributed by atoms with Crippen LogP contribution in [0.3, 0.4) is 0 Å². The highest BCUT2D eigenvalue weighted by Crippen LogP contribution is 2.22. The first kappa shape index (κ1) is 15.0. The van der Waals surface area contributed by atoms with Gasteiger partial charge in [0.2, 0.25) is 0 Å². The van der Waals surface area contributed by atoms with Crippen LogP contribution in [0.15, 0.2) is 0 Å². The van der Waals surface area contributed by atoms with E-state index in [1.165, 1.54) is 32.5 Å². The molecule has 1 aliphatic rings. The molecule has 0 radical (unpaired) electrons. The fourth-order valence-corrected chi connectivity index (χ4v) is 2.57. The summed E-state index contributed by atoms with van der Waals surface area (Å²) >= 11 is 0. The zero-order chi connectivity index (χ0) is 13.1. The van der Waals surface area contributed by atoms with Gasteiger partial charge in [0, 0.05) is 25.2 Å². The van der Waals surface area contributed by atoms with Gasteiger partial charge in [-0.05, 0) is 30.7 Å². The standard InChI is InChI=1S/C15H32N2/c1-7-13-11-17(9-8-15(4,5)6)14(10-16-13)12(2)3/h12-14,16H,7-11H2,1-6H3. The third kappa shape index (κ3) is 4.97. The summed E-state index contributed by atoms with van der Waals surface area (Å²) in [6.45, 7) is 17.7.